The third-order valence-electron chi connectivity index (χ3n) is 2.44. The van der Waals surface area contributed by atoms with Crippen LogP contribution >= 0.6 is 0 Å². The van der Waals surface area contributed by atoms with Gasteiger partial charge in [-0.2, -0.15) is 0 Å². The molecule has 0 spiro atoms. The van der Waals surface area contributed by atoms with Crippen molar-refractivity contribution < 1.29 is 4.79 Å². The van der Waals surface area contributed by atoms with E-state index in [4.69, 9.17) is 0 Å². The Morgan fingerprint density at radius 3 is 2.64 bits per heavy atom. The second-order valence-electron chi connectivity index (χ2n) is 3.89. The number of hydrogen-bond acceptors (Lipinski definition) is 2. The van der Waals surface area contributed by atoms with Gasteiger partial charge in [0, 0.05) is 5.69 Å². The first kappa shape index (κ1) is 9.06. The molecule has 0 aromatic heterocycles. The van der Waals surface area contributed by atoms with Gasteiger partial charge in [0.15, 0.2) is 0 Å². The van der Waals surface area contributed by atoms with Crippen molar-refractivity contribution in [1.29, 1.82) is 0 Å². The molecule has 74 valence electrons. The maximum Gasteiger partial charge on any atom is 0.254 e. The molecule has 0 fully saturated rings. The van der Waals surface area contributed by atoms with Crippen molar-refractivity contribution >= 4 is 11.6 Å². The van der Waals surface area contributed by atoms with Crippen LogP contribution in [0.5, 0.6) is 0 Å². The molecular formula is C11H14N2O. The minimum Gasteiger partial charge on any atom is -0.364 e. The van der Waals surface area contributed by atoms with Crippen LogP contribution in [0, 0.1) is 5.92 Å². The number of benzene rings is 1. The number of amides is 1. The summed E-state index contributed by atoms with van der Waals surface area (Å²) in [7, 11) is 0. The molecule has 3 nitrogen and oxygen atoms in total. The molecule has 1 heterocycles. The smallest absolute Gasteiger partial charge is 0.254 e. The third kappa shape index (κ3) is 1.45. The quantitative estimate of drug-likeness (QED) is 0.709. The summed E-state index contributed by atoms with van der Waals surface area (Å²) in [6, 6.07) is 7.56. The van der Waals surface area contributed by atoms with Crippen LogP contribution in [-0.4, -0.2) is 12.1 Å². The molecule has 0 bridgehead atoms. The molecule has 2 N–H and O–H groups in total. The van der Waals surface area contributed by atoms with E-state index in [0.29, 0.717) is 5.92 Å². The van der Waals surface area contributed by atoms with Crippen molar-refractivity contribution in [3.05, 3.63) is 29.8 Å². The molecular weight excluding hydrogens is 176 g/mol. The standard InChI is InChI=1S/C11H14N2O/c1-7(2)10-12-9-6-4-3-5-8(9)11(14)13-10/h3-7,10,12H,1-2H3,(H,13,14)/t10-/m0/s1. The summed E-state index contributed by atoms with van der Waals surface area (Å²) >= 11 is 0. The van der Waals surface area contributed by atoms with Crippen LogP contribution in [0.2, 0.25) is 0 Å². The van der Waals surface area contributed by atoms with Gasteiger partial charge >= 0.3 is 0 Å². The lowest BCUT2D eigenvalue weighted by Gasteiger charge is -2.30. The minimum atomic E-state index is 0.0121. The maximum absolute atomic E-state index is 11.6. The molecule has 0 aliphatic carbocycles. The minimum absolute atomic E-state index is 0.0121. The molecule has 1 atom stereocenters. The van der Waals surface area contributed by atoms with E-state index in [1.165, 1.54) is 0 Å². The fourth-order valence-electron chi connectivity index (χ4n) is 1.56. The zero-order valence-corrected chi connectivity index (χ0v) is 8.37. The Morgan fingerprint density at radius 1 is 1.21 bits per heavy atom. The largest absolute Gasteiger partial charge is 0.364 e. The number of nitrogens with one attached hydrogen (secondary N) is 2. The first-order chi connectivity index (χ1) is 6.68. The molecule has 0 saturated heterocycles. The molecule has 3 heteroatoms. The van der Waals surface area contributed by atoms with E-state index in [0.717, 1.165) is 11.3 Å². The van der Waals surface area contributed by atoms with Gasteiger partial charge < -0.3 is 10.6 Å². The van der Waals surface area contributed by atoms with Crippen molar-refractivity contribution in [2.45, 2.75) is 20.0 Å². The molecule has 2 rings (SSSR count). The van der Waals surface area contributed by atoms with Crippen LogP contribution in [0.3, 0.4) is 0 Å². The van der Waals surface area contributed by atoms with Gasteiger partial charge in [-0.25, -0.2) is 0 Å². The highest BCUT2D eigenvalue weighted by atomic mass is 16.2. The summed E-state index contributed by atoms with van der Waals surface area (Å²) < 4.78 is 0. The van der Waals surface area contributed by atoms with Crippen molar-refractivity contribution in [1.82, 2.24) is 5.32 Å². The maximum atomic E-state index is 11.6. The molecule has 0 unspecified atom stereocenters. The summed E-state index contributed by atoms with van der Waals surface area (Å²) in [5.41, 5.74) is 1.65. The van der Waals surface area contributed by atoms with Crippen LogP contribution in [0.4, 0.5) is 5.69 Å². The fourth-order valence-corrected chi connectivity index (χ4v) is 1.56. The lowest BCUT2D eigenvalue weighted by Crippen LogP contribution is -2.47. The molecule has 14 heavy (non-hydrogen) atoms. The number of rotatable bonds is 1. The van der Waals surface area contributed by atoms with Crippen molar-refractivity contribution in [2.75, 3.05) is 5.32 Å². The molecule has 1 aromatic rings. The SMILES string of the molecule is CC(C)[C@@H]1NC(=O)c2ccccc2N1. The van der Waals surface area contributed by atoms with E-state index in [1.807, 2.05) is 24.3 Å². The summed E-state index contributed by atoms with van der Waals surface area (Å²) in [6.45, 7) is 4.15. The second-order valence-corrected chi connectivity index (χ2v) is 3.89. The predicted octanol–water partition coefficient (Wildman–Crippen LogP) is 1.82. The summed E-state index contributed by atoms with van der Waals surface area (Å²) in [5, 5.41) is 6.22. The molecule has 1 amide bonds. The fraction of sp³-hybridized carbons (Fsp3) is 0.364. The molecule has 1 aliphatic rings. The highest BCUT2D eigenvalue weighted by Gasteiger charge is 2.24. The van der Waals surface area contributed by atoms with Gasteiger partial charge in [-0.3, -0.25) is 4.79 Å². The number of carbonyl (C=O) groups is 1. The van der Waals surface area contributed by atoms with Gasteiger partial charge in [0.05, 0.1) is 5.56 Å². The molecule has 0 saturated carbocycles. The zero-order valence-electron chi connectivity index (χ0n) is 8.37. The van der Waals surface area contributed by atoms with Crippen LogP contribution < -0.4 is 10.6 Å². The van der Waals surface area contributed by atoms with Crippen LogP contribution in [0.15, 0.2) is 24.3 Å². The van der Waals surface area contributed by atoms with E-state index in [9.17, 15) is 4.79 Å². The van der Waals surface area contributed by atoms with E-state index >= 15 is 0 Å². The number of hydrogen-bond donors (Lipinski definition) is 2. The summed E-state index contributed by atoms with van der Waals surface area (Å²) in [4.78, 5) is 11.6. The topological polar surface area (TPSA) is 41.1 Å². The molecule has 0 radical (unpaired) electrons. The van der Waals surface area contributed by atoms with Crippen LogP contribution in [-0.2, 0) is 0 Å². The lowest BCUT2D eigenvalue weighted by atomic mass is 10.0. The van der Waals surface area contributed by atoms with Gasteiger partial charge in [0.2, 0.25) is 0 Å². The number of carbonyl (C=O) groups excluding carboxylic acids is 1. The monoisotopic (exact) mass is 190 g/mol. The van der Waals surface area contributed by atoms with E-state index in [2.05, 4.69) is 24.5 Å². The van der Waals surface area contributed by atoms with Crippen molar-refractivity contribution in [2.24, 2.45) is 5.92 Å². The Balaban J connectivity index is 2.33. The Labute approximate surface area is 83.5 Å². The van der Waals surface area contributed by atoms with Gasteiger partial charge in [-0.05, 0) is 18.1 Å². The summed E-state index contributed by atoms with van der Waals surface area (Å²) in [6.07, 6.45) is 0.0393. The van der Waals surface area contributed by atoms with Crippen molar-refractivity contribution in [3.8, 4) is 0 Å². The van der Waals surface area contributed by atoms with E-state index in [1.54, 1.807) is 0 Å². The van der Waals surface area contributed by atoms with E-state index in [-0.39, 0.29) is 12.1 Å². The van der Waals surface area contributed by atoms with Gasteiger partial charge in [0.25, 0.3) is 5.91 Å². The number of para-hydroxylation sites is 1. The molecule has 1 aliphatic heterocycles. The zero-order chi connectivity index (χ0) is 10.1. The Bertz CT molecular complexity index is 360. The number of fused-ring (bicyclic) bond motifs is 1. The second kappa shape index (κ2) is 3.33. The first-order valence-electron chi connectivity index (χ1n) is 4.85. The van der Waals surface area contributed by atoms with Crippen LogP contribution in [0.1, 0.15) is 24.2 Å². The Hall–Kier alpha value is -1.51. The van der Waals surface area contributed by atoms with Gasteiger partial charge in [-0.1, -0.05) is 26.0 Å². The highest BCUT2D eigenvalue weighted by molar-refractivity contribution is 6.01. The summed E-state index contributed by atoms with van der Waals surface area (Å²) in [5.74, 6) is 0.394. The Kier molecular flexibility index (Phi) is 2.15. The average Bonchev–Trinajstić information content (AvgIpc) is 2.17. The Morgan fingerprint density at radius 2 is 1.93 bits per heavy atom. The van der Waals surface area contributed by atoms with Crippen molar-refractivity contribution in [3.63, 3.8) is 0 Å². The predicted molar refractivity (Wildman–Crippen MR) is 56.2 cm³/mol. The normalized spacial score (nSPS) is 19.9. The average molecular weight is 190 g/mol. The molecule has 1 aromatic carbocycles. The van der Waals surface area contributed by atoms with Crippen LogP contribution in [0.25, 0.3) is 0 Å². The first-order valence-corrected chi connectivity index (χ1v) is 4.85. The highest BCUT2D eigenvalue weighted by Crippen LogP contribution is 2.21. The van der Waals surface area contributed by atoms with Gasteiger partial charge in [0.1, 0.15) is 6.17 Å². The van der Waals surface area contributed by atoms with Gasteiger partial charge in [-0.15, -0.1) is 0 Å². The lowest BCUT2D eigenvalue weighted by molar-refractivity contribution is 0.0926. The van der Waals surface area contributed by atoms with E-state index < -0.39 is 0 Å². The third-order valence-corrected chi connectivity index (χ3v) is 2.44. The number of anilines is 1.